The van der Waals surface area contributed by atoms with Crippen LogP contribution in [-0.2, 0) is 9.05 Å². The van der Waals surface area contributed by atoms with Crippen molar-refractivity contribution in [3.63, 3.8) is 0 Å². The largest absolute Gasteiger partial charge is 0.297 e. The molecule has 17 heavy (non-hydrogen) atoms. The van der Waals surface area contributed by atoms with E-state index < -0.39 is 9.05 Å². The fourth-order valence-electron chi connectivity index (χ4n) is 1.51. The monoisotopic (exact) mass is 272 g/mol. The SMILES string of the molecule is Cc1c(-c2cccc(S(=O)(=O)Cl)c2)[nH][nH]c1=O. The molecule has 0 atom stereocenters. The molecule has 0 bridgehead atoms. The molecule has 0 aliphatic heterocycles. The molecule has 0 amide bonds. The number of benzene rings is 1. The molecule has 5 nitrogen and oxygen atoms in total. The van der Waals surface area contributed by atoms with Gasteiger partial charge in [-0.15, -0.1) is 0 Å². The highest BCUT2D eigenvalue weighted by Gasteiger charge is 2.13. The Labute approximate surface area is 102 Å². The lowest BCUT2D eigenvalue weighted by molar-refractivity contribution is 0.609. The lowest BCUT2D eigenvalue weighted by Gasteiger charge is -2.01. The Morgan fingerprint density at radius 2 is 1.94 bits per heavy atom. The second-order valence-electron chi connectivity index (χ2n) is 3.54. The first-order valence-electron chi connectivity index (χ1n) is 4.72. The van der Waals surface area contributed by atoms with Crippen LogP contribution in [0.25, 0.3) is 11.3 Å². The van der Waals surface area contributed by atoms with E-state index in [1.54, 1.807) is 19.1 Å². The fraction of sp³-hybridized carbons (Fsp3) is 0.100. The number of hydrogen-bond donors (Lipinski definition) is 2. The molecule has 0 aliphatic rings. The molecule has 1 aromatic carbocycles. The van der Waals surface area contributed by atoms with Gasteiger partial charge in [-0.2, -0.15) is 0 Å². The van der Waals surface area contributed by atoms with Gasteiger partial charge in [0, 0.05) is 21.8 Å². The van der Waals surface area contributed by atoms with Gasteiger partial charge in [0.25, 0.3) is 14.6 Å². The lowest BCUT2D eigenvalue weighted by Crippen LogP contribution is -2.00. The molecule has 0 saturated carbocycles. The van der Waals surface area contributed by atoms with Gasteiger partial charge in [0.15, 0.2) is 0 Å². The summed E-state index contributed by atoms with van der Waals surface area (Å²) < 4.78 is 22.4. The van der Waals surface area contributed by atoms with Gasteiger partial charge in [-0.1, -0.05) is 12.1 Å². The molecule has 2 rings (SSSR count). The number of halogens is 1. The van der Waals surface area contributed by atoms with Crippen molar-refractivity contribution in [1.29, 1.82) is 0 Å². The van der Waals surface area contributed by atoms with Gasteiger partial charge in [-0.25, -0.2) is 8.42 Å². The third kappa shape index (κ3) is 2.27. The normalized spacial score (nSPS) is 11.6. The van der Waals surface area contributed by atoms with Gasteiger partial charge >= 0.3 is 0 Å². The van der Waals surface area contributed by atoms with Crippen molar-refractivity contribution in [2.75, 3.05) is 0 Å². The summed E-state index contributed by atoms with van der Waals surface area (Å²) in [6.07, 6.45) is 0. The molecule has 2 aromatic rings. The van der Waals surface area contributed by atoms with Gasteiger partial charge in [-0.3, -0.25) is 15.0 Å². The van der Waals surface area contributed by atoms with Crippen LogP contribution in [-0.4, -0.2) is 18.6 Å². The zero-order chi connectivity index (χ0) is 12.6. The average Bonchev–Trinajstić information content (AvgIpc) is 2.59. The summed E-state index contributed by atoms with van der Waals surface area (Å²) in [5, 5.41) is 5.12. The summed E-state index contributed by atoms with van der Waals surface area (Å²) in [4.78, 5) is 11.3. The van der Waals surface area contributed by atoms with Crippen LogP contribution in [0.5, 0.6) is 0 Å². The van der Waals surface area contributed by atoms with Crippen LogP contribution < -0.4 is 5.56 Å². The highest BCUT2D eigenvalue weighted by atomic mass is 35.7. The Morgan fingerprint density at radius 1 is 1.24 bits per heavy atom. The molecule has 1 aromatic heterocycles. The summed E-state index contributed by atoms with van der Waals surface area (Å²) in [5.41, 5.74) is 1.40. The number of aromatic nitrogens is 2. The van der Waals surface area contributed by atoms with Crippen LogP contribution in [0.15, 0.2) is 34.0 Å². The van der Waals surface area contributed by atoms with Crippen molar-refractivity contribution in [3.8, 4) is 11.3 Å². The van der Waals surface area contributed by atoms with E-state index in [0.29, 0.717) is 16.8 Å². The van der Waals surface area contributed by atoms with Crippen LogP contribution in [0, 0.1) is 6.92 Å². The third-order valence-corrected chi connectivity index (χ3v) is 3.77. The van der Waals surface area contributed by atoms with E-state index in [-0.39, 0.29) is 10.5 Å². The predicted molar refractivity (Wildman–Crippen MR) is 64.6 cm³/mol. The molecule has 0 saturated heterocycles. The number of rotatable bonds is 2. The minimum absolute atomic E-state index is 0.00174. The van der Waals surface area contributed by atoms with E-state index in [4.69, 9.17) is 10.7 Å². The number of H-pyrrole nitrogens is 2. The molecular formula is C10H9ClN2O3S. The first kappa shape index (κ1) is 11.9. The van der Waals surface area contributed by atoms with Crippen LogP contribution >= 0.6 is 10.7 Å². The van der Waals surface area contributed by atoms with E-state index in [0.717, 1.165) is 0 Å². The second kappa shape index (κ2) is 4.05. The summed E-state index contributed by atoms with van der Waals surface area (Å²) in [6, 6.07) is 6.06. The van der Waals surface area contributed by atoms with Crippen molar-refractivity contribution in [3.05, 3.63) is 40.2 Å². The molecule has 0 unspecified atom stereocenters. The van der Waals surface area contributed by atoms with Crippen molar-refractivity contribution >= 4 is 19.7 Å². The topological polar surface area (TPSA) is 82.8 Å². The highest BCUT2D eigenvalue weighted by molar-refractivity contribution is 8.13. The maximum atomic E-state index is 11.3. The maximum absolute atomic E-state index is 11.3. The fourth-order valence-corrected chi connectivity index (χ4v) is 2.31. The van der Waals surface area contributed by atoms with Crippen molar-refractivity contribution in [1.82, 2.24) is 10.2 Å². The Balaban J connectivity index is 2.62. The van der Waals surface area contributed by atoms with E-state index in [1.807, 2.05) is 0 Å². The van der Waals surface area contributed by atoms with Crippen LogP contribution in [0.1, 0.15) is 5.56 Å². The average molecular weight is 273 g/mol. The third-order valence-electron chi connectivity index (χ3n) is 2.42. The molecule has 0 spiro atoms. The minimum atomic E-state index is -3.77. The predicted octanol–water partition coefficient (Wildman–Crippen LogP) is 1.61. The molecular weight excluding hydrogens is 264 g/mol. The summed E-state index contributed by atoms with van der Waals surface area (Å²) in [7, 11) is 1.49. The van der Waals surface area contributed by atoms with Gasteiger partial charge < -0.3 is 0 Å². The van der Waals surface area contributed by atoms with Crippen LogP contribution in [0.2, 0.25) is 0 Å². The van der Waals surface area contributed by atoms with E-state index in [1.165, 1.54) is 12.1 Å². The lowest BCUT2D eigenvalue weighted by atomic mass is 10.1. The van der Waals surface area contributed by atoms with Crippen LogP contribution in [0.4, 0.5) is 0 Å². The Bertz CT molecular complexity index is 715. The zero-order valence-corrected chi connectivity index (χ0v) is 10.4. The molecule has 0 aliphatic carbocycles. The maximum Gasteiger partial charge on any atom is 0.267 e. The molecule has 7 heteroatoms. The van der Waals surface area contributed by atoms with Crippen molar-refractivity contribution < 1.29 is 8.42 Å². The van der Waals surface area contributed by atoms with Gasteiger partial charge in [0.2, 0.25) is 0 Å². The van der Waals surface area contributed by atoms with Gasteiger partial charge in [0.1, 0.15) is 0 Å². The second-order valence-corrected chi connectivity index (χ2v) is 6.11. The zero-order valence-electron chi connectivity index (χ0n) is 8.82. The van der Waals surface area contributed by atoms with Gasteiger partial charge in [-0.05, 0) is 19.1 Å². The molecule has 90 valence electrons. The summed E-state index contributed by atoms with van der Waals surface area (Å²) in [6.45, 7) is 1.65. The number of aromatic amines is 2. The van der Waals surface area contributed by atoms with Crippen molar-refractivity contribution in [2.24, 2.45) is 0 Å². The molecule has 2 N–H and O–H groups in total. The Kier molecular flexibility index (Phi) is 2.84. The summed E-state index contributed by atoms with van der Waals surface area (Å²) >= 11 is 0. The quantitative estimate of drug-likeness (QED) is 0.815. The smallest absolute Gasteiger partial charge is 0.267 e. The van der Waals surface area contributed by atoms with E-state index in [2.05, 4.69) is 10.2 Å². The number of hydrogen-bond acceptors (Lipinski definition) is 3. The molecule has 1 heterocycles. The van der Waals surface area contributed by atoms with E-state index in [9.17, 15) is 13.2 Å². The molecule has 0 fully saturated rings. The first-order chi connectivity index (χ1) is 7.89. The van der Waals surface area contributed by atoms with E-state index >= 15 is 0 Å². The minimum Gasteiger partial charge on any atom is -0.297 e. The van der Waals surface area contributed by atoms with Crippen LogP contribution in [0.3, 0.4) is 0 Å². The van der Waals surface area contributed by atoms with Crippen molar-refractivity contribution in [2.45, 2.75) is 11.8 Å². The standard InChI is InChI=1S/C10H9ClN2O3S/c1-6-9(12-13-10(6)14)7-3-2-4-8(5-7)17(11,15)16/h2-5H,1H3,(H2,12,13,14). The summed E-state index contributed by atoms with van der Waals surface area (Å²) in [5.74, 6) is 0. The Hall–Kier alpha value is -1.53. The first-order valence-corrected chi connectivity index (χ1v) is 7.03. The highest BCUT2D eigenvalue weighted by Crippen LogP contribution is 2.23. The molecule has 0 radical (unpaired) electrons. The Morgan fingerprint density at radius 3 is 2.47 bits per heavy atom. The number of nitrogens with one attached hydrogen (secondary N) is 2. The van der Waals surface area contributed by atoms with Gasteiger partial charge in [0.05, 0.1) is 10.6 Å².